The van der Waals surface area contributed by atoms with E-state index in [1.165, 1.54) is 0 Å². The molecule has 0 aromatic heterocycles. The smallest absolute Gasteiger partial charge is 0.303 e. The summed E-state index contributed by atoms with van der Waals surface area (Å²) in [6.07, 6.45) is -59.3. The van der Waals surface area contributed by atoms with Crippen LogP contribution < -0.4 is 0 Å². The largest absolute Gasteiger partial charge is 0.457 e. The van der Waals surface area contributed by atoms with Crippen LogP contribution in [0.3, 0.4) is 0 Å². The van der Waals surface area contributed by atoms with Crippen LogP contribution in [0.1, 0.15) is 13.8 Å². The van der Waals surface area contributed by atoms with E-state index >= 15 is 0 Å². The fraction of sp³-hybridized carbons (Fsp3) is 0.950. The first-order valence-corrected chi connectivity index (χ1v) is 22.9. The predicted molar refractivity (Wildman–Crippen MR) is 215 cm³/mol. The summed E-state index contributed by atoms with van der Waals surface area (Å²) in [7, 11) is 0. The zero-order chi connectivity index (χ0) is 52.6. The molecule has 22 fully saturated rings. The lowest BCUT2D eigenvalue weighted by Crippen LogP contribution is -2.69. The van der Waals surface area contributed by atoms with Crippen LogP contribution in [0.5, 0.6) is 0 Å². The van der Waals surface area contributed by atoms with Crippen LogP contribution in [-0.4, -0.2) is 318 Å². The average Bonchev–Trinajstić information content (AvgIpc) is 3.35. The first-order valence-electron chi connectivity index (χ1n) is 22.9. The Labute approximate surface area is 407 Å². The molecular weight excluding hydrogens is 992 g/mol. The maximum atomic E-state index is 12.5. The Morgan fingerprint density at radius 1 is 0.292 bits per heavy atom. The highest BCUT2D eigenvalue weighted by Gasteiger charge is 2.59. The Bertz CT molecular complexity index is 1730. The first kappa shape index (κ1) is 57.5. The molecule has 0 amide bonds. The van der Waals surface area contributed by atoms with Gasteiger partial charge in [-0.25, -0.2) is 0 Å². The van der Waals surface area contributed by atoms with E-state index < -0.39 is 236 Å². The Balaban J connectivity index is 1.24. The molecule has 416 valence electrons. The average molecular weight is 1060 g/mol. The summed E-state index contributed by atoms with van der Waals surface area (Å²) in [6, 6.07) is 0. The lowest BCUT2D eigenvalue weighted by atomic mass is 9.94. The van der Waals surface area contributed by atoms with Crippen molar-refractivity contribution < 1.29 is 158 Å². The molecule has 22 aliphatic rings. The lowest BCUT2D eigenvalue weighted by molar-refractivity contribution is -0.404. The van der Waals surface area contributed by atoms with Crippen molar-refractivity contribution >= 4 is 11.9 Å². The summed E-state index contributed by atoms with van der Waals surface area (Å²) < 4.78 is 79.9. The molecule has 0 aromatic carbocycles. The summed E-state index contributed by atoms with van der Waals surface area (Å²) in [6.45, 7) is -4.38. The molecular formula is C40H64O32. The van der Waals surface area contributed by atoms with Gasteiger partial charge < -0.3 is 148 Å². The van der Waals surface area contributed by atoms with E-state index in [9.17, 15) is 91.3 Å². The van der Waals surface area contributed by atoms with Crippen molar-refractivity contribution in [3.8, 4) is 0 Å². The molecule has 0 radical (unpaired) electrons. The number of hydrogen-bond donors (Lipinski definition) is 16. The van der Waals surface area contributed by atoms with E-state index in [0.717, 1.165) is 13.8 Å². The van der Waals surface area contributed by atoms with Crippen molar-refractivity contribution in [1.82, 2.24) is 0 Å². The maximum Gasteiger partial charge on any atom is 0.303 e. The molecule has 12 bridgehead atoms. The number of aliphatic hydroxyl groups is 16. The SMILES string of the molecule is CC(=O)O[C@@H]1[C@@H](O)[C@H]2O[C@@H]3[C@H](OC(C)=O)[C@@H](O)[C@@H](O[C@H]4[C@H](O)[C@@H](O)[C@@H](O[C@H]5[C@H](O)[C@@H](O)[C@@H](O[C@H]6[C@H](O)[C@@H](O)[C@@H](O[C@H]7[C@H](O)[C@@H](O)[C@@H](O[C@H]1[C@@H](CO)O2)O[C@@H]7CO)O[C@@H]6CO)O[C@@H]5CO)O[C@@H]4CO)O[C@@H]3CO. The molecule has 16 N–H and O–H groups in total. The number of rotatable bonds is 8. The van der Waals surface area contributed by atoms with Gasteiger partial charge in [-0.15, -0.1) is 0 Å². The minimum Gasteiger partial charge on any atom is -0.457 e. The van der Waals surface area contributed by atoms with Crippen molar-refractivity contribution in [3.63, 3.8) is 0 Å². The molecule has 0 aliphatic carbocycles. The zero-order valence-electron chi connectivity index (χ0n) is 38.3. The molecule has 22 rings (SSSR count). The maximum absolute atomic E-state index is 12.5. The molecule has 32 nitrogen and oxygen atoms in total. The van der Waals surface area contributed by atoms with Crippen molar-refractivity contribution in [3.05, 3.63) is 0 Å². The van der Waals surface area contributed by atoms with E-state index in [0.29, 0.717) is 0 Å². The van der Waals surface area contributed by atoms with Gasteiger partial charge in [0.05, 0.1) is 39.6 Å². The van der Waals surface area contributed by atoms with E-state index in [1.807, 2.05) is 0 Å². The molecule has 22 saturated heterocycles. The molecule has 72 heavy (non-hydrogen) atoms. The van der Waals surface area contributed by atoms with Gasteiger partial charge in [0.2, 0.25) is 0 Å². The highest BCUT2D eigenvalue weighted by Crippen LogP contribution is 2.39. The third kappa shape index (κ3) is 11.6. The molecule has 0 saturated carbocycles. The fourth-order valence-electron chi connectivity index (χ4n) is 9.55. The summed E-state index contributed by atoms with van der Waals surface area (Å²) in [5.74, 6) is -2.14. The monoisotopic (exact) mass is 1060 g/mol. The van der Waals surface area contributed by atoms with E-state index in [2.05, 4.69) is 0 Å². The van der Waals surface area contributed by atoms with Gasteiger partial charge in [-0.1, -0.05) is 0 Å². The second-order valence-electron chi connectivity index (χ2n) is 18.0. The molecule has 0 aromatic rings. The predicted octanol–water partition coefficient (Wildman–Crippen LogP) is -11.9. The third-order valence-corrected chi connectivity index (χ3v) is 13.2. The Hall–Kier alpha value is -2.18. The molecule has 32 heteroatoms. The molecule has 22 heterocycles. The minimum absolute atomic E-state index is 0.913. The summed E-state index contributed by atoms with van der Waals surface area (Å²) in [4.78, 5) is 25.0. The van der Waals surface area contributed by atoms with Crippen molar-refractivity contribution in [2.75, 3.05) is 39.6 Å². The molecule has 22 aliphatic heterocycles. The zero-order valence-corrected chi connectivity index (χ0v) is 38.3. The van der Waals surface area contributed by atoms with Crippen LogP contribution in [0.2, 0.25) is 0 Å². The van der Waals surface area contributed by atoms with Crippen LogP contribution in [0.25, 0.3) is 0 Å². The summed E-state index contributed by atoms with van der Waals surface area (Å²) in [5, 5.41) is 176. The number of carbonyl (C=O) groups is 2. The minimum atomic E-state index is -2.20. The first-order chi connectivity index (χ1) is 34.2. The number of aliphatic hydroxyl groups excluding tert-OH is 16. The van der Waals surface area contributed by atoms with Gasteiger partial charge in [-0.3, -0.25) is 9.59 Å². The van der Waals surface area contributed by atoms with Crippen molar-refractivity contribution in [2.45, 2.75) is 198 Å². The van der Waals surface area contributed by atoms with Gasteiger partial charge in [-0.2, -0.15) is 0 Å². The van der Waals surface area contributed by atoms with Crippen LogP contribution in [0.4, 0.5) is 0 Å². The molecule has 30 atom stereocenters. The highest BCUT2D eigenvalue weighted by molar-refractivity contribution is 5.66. The molecule has 0 spiro atoms. The summed E-state index contributed by atoms with van der Waals surface area (Å²) >= 11 is 0. The Kier molecular flexibility index (Phi) is 19.5. The number of ether oxygens (including phenoxy) is 14. The van der Waals surface area contributed by atoms with Gasteiger partial charge in [0.15, 0.2) is 49.9 Å². The van der Waals surface area contributed by atoms with E-state index in [4.69, 9.17) is 66.3 Å². The fourth-order valence-corrected chi connectivity index (χ4v) is 9.55. The van der Waals surface area contributed by atoms with Crippen molar-refractivity contribution in [2.24, 2.45) is 0 Å². The van der Waals surface area contributed by atoms with Gasteiger partial charge >= 0.3 is 11.9 Å². The van der Waals surface area contributed by atoms with Gasteiger partial charge in [-0.05, 0) is 0 Å². The van der Waals surface area contributed by atoms with Gasteiger partial charge in [0.25, 0.3) is 0 Å². The van der Waals surface area contributed by atoms with E-state index in [1.54, 1.807) is 0 Å². The van der Waals surface area contributed by atoms with Gasteiger partial charge in [0.1, 0.15) is 134 Å². The van der Waals surface area contributed by atoms with Gasteiger partial charge in [0, 0.05) is 13.8 Å². The quantitative estimate of drug-likeness (QED) is 0.100. The summed E-state index contributed by atoms with van der Waals surface area (Å²) in [5.41, 5.74) is 0. The standard InChI is InChI=1S/C40H64O32/c1-9(47)59-33-25(57)39-65-16(8-46)32(33)72-40-26(58)34(60-10(2)48)31(15(7-45)66-40)71-38-24(56)20(52)29(13(5-43)64-38)69-36-22(54)18(50)27(11(3-41)62-36)67-35-21(53)17(49)28(12(4-42)61-35)68-37-23(55)19(51)30(70-39)14(6-44)63-37/h11-46,49-58H,3-8H2,1-2H3/t11-,12-,13-,14-,15-,16-,17-,18-,19-,20-,21-,22-,23-,24-,25-,26-,27-,28-,29-,30-,31+,32+,33-,34-,35-,36-,37-,38-,39-,40-/m1/s1. The number of carbonyl (C=O) groups excluding carboxylic acids is 2. The Morgan fingerprint density at radius 3 is 0.667 bits per heavy atom. The second kappa shape index (κ2) is 24.4. The van der Waals surface area contributed by atoms with Crippen molar-refractivity contribution in [1.29, 1.82) is 0 Å². The normalized spacial score (nSPS) is 51.5. The topological polar surface area (TPSA) is 487 Å². The van der Waals surface area contributed by atoms with Crippen LogP contribution >= 0.6 is 0 Å². The Morgan fingerprint density at radius 2 is 0.472 bits per heavy atom. The number of hydrogen-bond acceptors (Lipinski definition) is 32. The second-order valence-corrected chi connectivity index (χ2v) is 18.0. The van der Waals surface area contributed by atoms with E-state index in [-0.39, 0.29) is 0 Å². The lowest BCUT2D eigenvalue weighted by Gasteiger charge is -2.51. The van der Waals surface area contributed by atoms with Crippen LogP contribution in [0, 0.1) is 0 Å². The highest BCUT2D eigenvalue weighted by atomic mass is 16.8. The van der Waals surface area contributed by atoms with Crippen LogP contribution in [0.15, 0.2) is 0 Å². The number of esters is 2. The molecule has 0 unspecified atom stereocenters. The third-order valence-electron chi connectivity index (χ3n) is 13.2. The van der Waals surface area contributed by atoms with Crippen LogP contribution in [-0.2, 0) is 75.9 Å².